The van der Waals surface area contributed by atoms with Crippen molar-refractivity contribution in [3.8, 4) is 0 Å². The van der Waals surface area contributed by atoms with Gasteiger partial charge in [-0.05, 0) is 31.9 Å². The standard InChI is InChI=1S/C17H20ClN3O3/c1-2-24-17(23)21-7-5-12(6-8-21)20-16(22)14-10-19-15-9-11(18)3-4-13(14)15/h3-4,9-10,12,19H,2,5-8H2,1H3,(H,20,22). The van der Waals surface area contributed by atoms with Gasteiger partial charge in [-0.1, -0.05) is 17.7 Å². The van der Waals surface area contributed by atoms with E-state index in [2.05, 4.69) is 10.3 Å². The number of carbonyl (C=O) groups excluding carboxylic acids is 2. The van der Waals surface area contributed by atoms with Crippen molar-refractivity contribution in [2.75, 3.05) is 19.7 Å². The van der Waals surface area contributed by atoms with Gasteiger partial charge in [0.2, 0.25) is 0 Å². The van der Waals surface area contributed by atoms with Crippen LogP contribution in [0.1, 0.15) is 30.1 Å². The third kappa shape index (κ3) is 3.48. The number of piperidine rings is 1. The molecule has 1 aromatic heterocycles. The molecule has 0 radical (unpaired) electrons. The van der Waals surface area contributed by atoms with E-state index in [1.807, 2.05) is 6.07 Å². The van der Waals surface area contributed by atoms with Crippen LogP contribution in [0.5, 0.6) is 0 Å². The van der Waals surface area contributed by atoms with Crippen LogP contribution in [-0.2, 0) is 4.74 Å². The SMILES string of the molecule is CCOC(=O)N1CCC(NC(=O)c2c[nH]c3cc(Cl)ccc23)CC1. The van der Waals surface area contributed by atoms with Crippen LogP contribution in [0.2, 0.25) is 5.02 Å². The fraction of sp³-hybridized carbons (Fsp3) is 0.412. The van der Waals surface area contributed by atoms with Crippen LogP contribution in [0.25, 0.3) is 10.9 Å². The number of H-pyrrole nitrogens is 1. The van der Waals surface area contributed by atoms with Crippen LogP contribution < -0.4 is 5.32 Å². The van der Waals surface area contributed by atoms with Gasteiger partial charge in [0.15, 0.2) is 0 Å². The number of fused-ring (bicyclic) bond motifs is 1. The van der Waals surface area contributed by atoms with Crippen molar-refractivity contribution in [2.24, 2.45) is 0 Å². The first-order chi connectivity index (χ1) is 11.6. The van der Waals surface area contributed by atoms with Gasteiger partial charge < -0.3 is 19.9 Å². The highest BCUT2D eigenvalue weighted by molar-refractivity contribution is 6.31. The molecule has 1 aromatic carbocycles. The quantitative estimate of drug-likeness (QED) is 0.893. The zero-order valence-corrected chi connectivity index (χ0v) is 14.2. The van der Waals surface area contributed by atoms with E-state index in [0.717, 1.165) is 23.7 Å². The van der Waals surface area contributed by atoms with Crippen LogP contribution in [0.15, 0.2) is 24.4 Å². The third-order valence-corrected chi connectivity index (χ3v) is 4.48. The maximum Gasteiger partial charge on any atom is 0.409 e. The molecule has 0 atom stereocenters. The Labute approximate surface area is 145 Å². The second-order valence-electron chi connectivity index (χ2n) is 5.83. The molecule has 24 heavy (non-hydrogen) atoms. The summed E-state index contributed by atoms with van der Waals surface area (Å²) in [7, 11) is 0. The number of benzene rings is 1. The highest BCUT2D eigenvalue weighted by Crippen LogP contribution is 2.22. The number of likely N-dealkylation sites (tertiary alicyclic amines) is 1. The van der Waals surface area contributed by atoms with Gasteiger partial charge in [0.25, 0.3) is 5.91 Å². The summed E-state index contributed by atoms with van der Waals surface area (Å²) in [4.78, 5) is 29.0. The number of hydrogen-bond donors (Lipinski definition) is 2. The molecule has 0 saturated carbocycles. The van der Waals surface area contributed by atoms with Crippen LogP contribution in [0.4, 0.5) is 4.79 Å². The number of carbonyl (C=O) groups is 2. The Hall–Kier alpha value is -2.21. The topological polar surface area (TPSA) is 74.4 Å². The van der Waals surface area contributed by atoms with E-state index in [0.29, 0.717) is 30.3 Å². The fourth-order valence-corrected chi connectivity index (χ4v) is 3.14. The van der Waals surface area contributed by atoms with Gasteiger partial charge in [0.1, 0.15) is 0 Å². The van der Waals surface area contributed by atoms with Gasteiger partial charge >= 0.3 is 6.09 Å². The number of aromatic amines is 1. The lowest BCUT2D eigenvalue weighted by Crippen LogP contribution is -2.46. The van der Waals surface area contributed by atoms with Crippen molar-refractivity contribution in [1.29, 1.82) is 0 Å². The lowest BCUT2D eigenvalue weighted by Gasteiger charge is -2.31. The largest absolute Gasteiger partial charge is 0.450 e. The van der Waals surface area contributed by atoms with E-state index in [1.54, 1.807) is 30.2 Å². The highest BCUT2D eigenvalue weighted by atomic mass is 35.5. The number of aromatic nitrogens is 1. The molecule has 0 unspecified atom stereocenters. The normalized spacial score (nSPS) is 15.5. The first-order valence-corrected chi connectivity index (χ1v) is 8.45. The molecular weight excluding hydrogens is 330 g/mol. The summed E-state index contributed by atoms with van der Waals surface area (Å²) in [6, 6.07) is 5.46. The van der Waals surface area contributed by atoms with Crippen LogP contribution >= 0.6 is 11.6 Å². The molecule has 2 N–H and O–H groups in total. The summed E-state index contributed by atoms with van der Waals surface area (Å²) < 4.78 is 5.00. The number of nitrogens with zero attached hydrogens (tertiary/aromatic N) is 1. The summed E-state index contributed by atoms with van der Waals surface area (Å²) in [6.45, 7) is 3.35. The van der Waals surface area contributed by atoms with Gasteiger partial charge in [0.05, 0.1) is 12.2 Å². The molecule has 0 bridgehead atoms. The second kappa shape index (κ2) is 7.13. The lowest BCUT2D eigenvalue weighted by molar-refractivity contribution is 0.0861. The Morgan fingerprint density at radius 1 is 1.38 bits per heavy atom. The molecule has 7 heteroatoms. The first kappa shape index (κ1) is 16.6. The zero-order chi connectivity index (χ0) is 17.1. The predicted molar refractivity (Wildman–Crippen MR) is 92.4 cm³/mol. The summed E-state index contributed by atoms with van der Waals surface area (Å²) >= 11 is 5.96. The molecule has 3 rings (SSSR count). The molecular formula is C17H20ClN3O3. The Bertz CT molecular complexity index is 751. The van der Waals surface area contributed by atoms with Crippen molar-refractivity contribution < 1.29 is 14.3 Å². The van der Waals surface area contributed by atoms with Gasteiger partial charge in [-0.3, -0.25) is 4.79 Å². The van der Waals surface area contributed by atoms with Crippen molar-refractivity contribution in [3.63, 3.8) is 0 Å². The van der Waals surface area contributed by atoms with E-state index < -0.39 is 0 Å². The monoisotopic (exact) mass is 349 g/mol. The number of ether oxygens (including phenoxy) is 1. The summed E-state index contributed by atoms with van der Waals surface area (Å²) in [5.41, 5.74) is 1.44. The Morgan fingerprint density at radius 2 is 2.12 bits per heavy atom. The molecule has 1 aliphatic rings. The fourth-order valence-electron chi connectivity index (χ4n) is 2.97. The number of amides is 2. The minimum Gasteiger partial charge on any atom is -0.450 e. The summed E-state index contributed by atoms with van der Waals surface area (Å²) in [6.07, 6.45) is 2.86. The number of halogens is 1. The number of hydrogen-bond acceptors (Lipinski definition) is 3. The van der Waals surface area contributed by atoms with E-state index in [1.165, 1.54) is 0 Å². The Morgan fingerprint density at radius 3 is 2.83 bits per heavy atom. The maximum absolute atomic E-state index is 12.5. The van der Waals surface area contributed by atoms with E-state index >= 15 is 0 Å². The number of rotatable bonds is 3. The van der Waals surface area contributed by atoms with E-state index in [-0.39, 0.29) is 18.0 Å². The first-order valence-electron chi connectivity index (χ1n) is 8.07. The minimum atomic E-state index is -0.282. The van der Waals surface area contributed by atoms with Crippen molar-refractivity contribution in [3.05, 3.63) is 35.0 Å². The third-order valence-electron chi connectivity index (χ3n) is 4.24. The summed E-state index contributed by atoms with van der Waals surface area (Å²) in [5.74, 6) is -0.113. The van der Waals surface area contributed by atoms with Crippen LogP contribution in [-0.4, -0.2) is 47.6 Å². The zero-order valence-electron chi connectivity index (χ0n) is 13.5. The van der Waals surface area contributed by atoms with Crippen molar-refractivity contribution in [2.45, 2.75) is 25.8 Å². The van der Waals surface area contributed by atoms with Gasteiger partial charge in [0, 0.05) is 41.3 Å². The molecule has 0 aliphatic carbocycles. The lowest BCUT2D eigenvalue weighted by atomic mass is 10.0. The average Bonchev–Trinajstić information content (AvgIpc) is 2.98. The molecule has 2 heterocycles. The highest BCUT2D eigenvalue weighted by Gasteiger charge is 2.25. The molecule has 1 saturated heterocycles. The number of nitrogens with one attached hydrogen (secondary N) is 2. The maximum atomic E-state index is 12.5. The molecule has 128 valence electrons. The second-order valence-corrected chi connectivity index (χ2v) is 6.26. The molecule has 0 spiro atoms. The average molecular weight is 350 g/mol. The summed E-state index contributed by atoms with van der Waals surface area (Å²) in [5, 5.41) is 4.52. The molecule has 1 fully saturated rings. The van der Waals surface area contributed by atoms with Gasteiger partial charge in [-0.15, -0.1) is 0 Å². The van der Waals surface area contributed by atoms with Gasteiger partial charge in [-0.2, -0.15) is 0 Å². The molecule has 2 amide bonds. The Balaban J connectivity index is 1.60. The van der Waals surface area contributed by atoms with Crippen LogP contribution in [0, 0.1) is 0 Å². The molecule has 6 nitrogen and oxygen atoms in total. The molecule has 1 aliphatic heterocycles. The smallest absolute Gasteiger partial charge is 0.409 e. The van der Waals surface area contributed by atoms with Gasteiger partial charge in [-0.25, -0.2) is 4.79 Å². The van der Waals surface area contributed by atoms with Crippen LogP contribution in [0.3, 0.4) is 0 Å². The van der Waals surface area contributed by atoms with Crippen molar-refractivity contribution >= 4 is 34.5 Å². The minimum absolute atomic E-state index is 0.0560. The van der Waals surface area contributed by atoms with E-state index in [4.69, 9.17) is 16.3 Å². The Kier molecular flexibility index (Phi) is 4.94. The predicted octanol–water partition coefficient (Wildman–Crippen LogP) is 3.17. The molecule has 2 aromatic rings. The van der Waals surface area contributed by atoms with E-state index in [9.17, 15) is 9.59 Å². The van der Waals surface area contributed by atoms with Crippen molar-refractivity contribution in [1.82, 2.24) is 15.2 Å².